The number of nitrogen functional groups attached to an aromatic ring is 1. The van der Waals surface area contributed by atoms with Gasteiger partial charge in [0.25, 0.3) is 0 Å². The van der Waals surface area contributed by atoms with E-state index in [0.29, 0.717) is 11.6 Å². The molecule has 3 N–H and O–H groups in total. The summed E-state index contributed by atoms with van der Waals surface area (Å²) in [5, 5.41) is 2.91. The van der Waals surface area contributed by atoms with Crippen LogP contribution in [-0.4, -0.2) is 17.1 Å². The molecule has 0 spiro atoms. The van der Waals surface area contributed by atoms with Gasteiger partial charge in [-0.3, -0.25) is 0 Å². The van der Waals surface area contributed by atoms with Crippen LogP contribution in [0.1, 0.15) is 32.7 Å². The molecule has 0 aliphatic carbocycles. The molecule has 2 aromatic rings. The summed E-state index contributed by atoms with van der Waals surface area (Å²) in [6, 6.07) is 1.96. The van der Waals surface area contributed by atoms with E-state index in [9.17, 15) is 0 Å². The van der Waals surface area contributed by atoms with Crippen LogP contribution in [-0.2, 0) is 4.74 Å². The van der Waals surface area contributed by atoms with Gasteiger partial charge >= 0.3 is 0 Å². The Morgan fingerprint density at radius 3 is 2.67 bits per heavy atom. The number of thiophene rings is 1. The molecule has 0 amide bonds. The molecule has 0 bridgehead atoms. The standard InChI is InChI=1S/C12H18N4OS/c1-12(2,3)8(17-4)10-14-9(16-13)7-5-6-18-11(7)15-10/h5-6,8H,13H2,1-4H3,(H,14,15,16). The van der Waals surface area contributed by atoms with Crippen molar-refractivity contribution < 1.29 is 4.74 Å². The Balaban J connectivity index is 2.56. The monoisotopic (exact) mass is 266 g/mol. The van der Waals surface area contributed by atoms with Gasteiger partial charge in [-0.2, -0.15) is 0 Å². The van der Waals surface area contributed by atoms with Gasteiger partial charge in [-0.25, -0.2) is 15.8 Å². The van der Waals surface area contributed by atoms with Crippen molar-refractivity contribution in [2.75, 3.05) is 12.5 Å². The third-order valence-corrected chi connectivity index (χ3v) is 3.54. The summed E-state index contributed by atoms with van der Waals surface area (Å²) in [6.45, 7) is 6.29. The average Bonchev–Trinajstić information content (AvgIpc) is 2.74. The molecule has 1 unspecified atom stereocenters. The average molecular weight is 266 g/mol. The molecule has 0 saturated carbocycles. The normalized spacial score (nSPS) is 13.8. The maximum Gasteiger partial charge on any atom is 0.161 e. The molecule has 0 aliphatic heterocycles. The third-order valence-electron chi connectivity index (χ3n) is 2.74. The van der Waals surface area contributed by atoms with Crippen molar-refractivity contribution in [1.29, 1.82) is 0 Å². The summed E-state index contributed by atoms with van der Waals surface area (Å²) in [5.41, 5.74) is 2.55. The highest BCUT2D eigenvalue weighted by molar-refractivity contribution is 7.16. The molecular formula is C12H18N4OS. The molecule has 0 radical (unpaired) electrons. The van der Waals surface area contributed by atoms with Gasteiger partial charge in [0.15, 0.2) is 11.6 Å². The number of fused-ring (bicyclic) bond motifs is 1. The fourth-order valence-corrected chi connectivity index (χ4v) is 2.72. The number of ether oxygens (including phenoxy) is 1. The quantitative estimate of drug-likeness (QED) is 0.660. The molecular weight excluding hydrogens is 248 g/mol. The molecule has 18 heavy (non-hydrogen) atoms. The molecule has 0 aliphatic rings. The van der Waals surface area contributed by atoms with Crippen molar-refractivity contribution in [3.05, 3.63) is 17.3 Å². The van der Waals surface area contributed by atoms with E-state index in [1.807, 2.05) is 11.4 Å². The van der Waals surface area contributed by atoms with Crippen molar-refractivity contribution in [2.45, 2.75) is 26.9 Å². The van der Waals surface area contributed by atoms with Gasteiger partial charge in [-0.15, -0.1) is 11.3 Å². The Labute approximate surface area is 110 Å². The van der Waals surface area contributed by atoms with Gasteiger partial charge in [0.2, 0.25) is 0 Å². The summed E-state index contributed by atoms with van der Waals surface area (Å²) in [7, 11) is 1.67. The predicted octanol–water partition coefficient (Wildman–Crippen LogP) is 2.71. The van der Waals surface area contributed by atoms with Crippen LogP contribution in [0.3, 0.4) is 0 Å². The van der Waals surface area contributed by atoms with Crippen LogP contribution in [0, 0.1) is 5.41 Å². The number of hydrogen-bond donors (Lipinski definition) is 2. The number of hydrazine groups is 1. The highest BCUT2D eigenvalue weighted by Crippen LogP contribution is 2.36. The van der Waals surface area contributed by atoms with Crippen LogP contribution in [0.5, 0.6) is 0 Å². The molecule has 98 valence electrons. The Bertz CT molecular complexity index is 546. The van der Waals surface area contributed by atoms with Crippen LogP contribution in [0.25, 0.3) is 10.2 Å². The zero-order valence-electron chi connectivity index (χ0n) is 11.0. The van der Waals surface area contributed by atoms with Crippen molar-refractivity contribution in [2.24, 2.45) is 11.3 Å². The molecule has 2 rings (SSSR count). The zero-order chi connectivity index (χ0) is 13.3. The van der Waals surface area contributed by atoms with Crippen LogP contribution >= 0.6 is 11.3 Å². The van der Waals surface area contributed by atoms with Crippen LogP contribution in [0.4, 0.5) is 5.82 Å². The molecule has 6 heteroatoms. The number of methoxy groups -OCH3 is 1. The van der Waals surface area contributed by atoms with E-state index in [0.717, 1.165) is 10.2 Å². The van der Waals surface area contributed by atoms with E-state index >= 15 is 0 Å². The van der Waals surface area contributed by atoms with Crippen LogP contribution < -0.4 is 11.3 Å². The molecule has 0 fully saturated rings. The lowest BCUT2D eigenvalue weighted by Gasteiger charge is -2.28. The van der Waals surface area contributed by atoms with E-state index in [4.69, 9.17) is 10.6 Å². The van der Waals surface area contributed by atoms with Gasteiger partial charge in [-0.05, 0) is 16.9 Å². The first kappa shape index (κ1) is 13.2. The van der Waals surface area contributed by atoms with Crippen molar-refractivity contribution in [1.82, 2.24) is 9.97 Å². The number of aromatic nitrogens is 2. The first-order valence-corrected chi connectivity index (χ1v) is 6.60. The number of nitrogens with two attached hydrogens (primary N) is 1. The molecule has 0 aromatic carbocycles. The molecule has 0 saturated heterocycles. The Morgan fingerprint density at radius 1 is 1.39 bits per heavy atom. The summed E-state index contributed by atoms with van der Waals surface area (Å²) in [6.07, 6.45) is -0.170. The van der Waals surface area contributed by atoms with Gasteiger partial charge < -0.3 is 10.2 Å². The predicted molar refractivity (Wildman–Crippen MR) is 74.4 cm³/mol. The Morgan fingerprint density at radius 2 is 2.11 bits per heavy atom. The van der Waals surface area contributed by atoms with Gasteiger partial charge in [0.1, 0.15) is 10.9 Å². The largest absolute Gasteiger partial charge is 0.373 e. The second-order valence-corrected chi connectivity index (χ2v) is 6.09. The Kier molecular flexibility index (Phi) is 3.52. The van der Waals surface area contributed by atoms with E-state index in [2.05, 4.69) is 36.2 Å². The first-order chi connectivity index (χ1) is 8.47. The van der Waals surface area contributed by atoms with Crippen molar-refractivity contribution in [3.8, 4) is 0 Å². The summed E-state index contributed by atoms with van der Waals surface area (Å²) in [4.78, 5) is 9.95. The number of rotatable bonds is 3. The maximum absolute atomic E-state index is 5.54. The summed E-state index contributed by atoms with van der Waals surface area (Å²) in [5.74, 6) is 6.82. The molecule has 2 aromatic heterocycles. The summed E-state index contributed by atoms with van der Waals surface area (Å²) >= 11 is 1.57. The second-order valence-electron chi connectivity index (χ2n) is 5.20. The molecule has 2 heterocycles. The minimum atomic E-state index is -0.170. The maximum atomic E-state index is 5.54. The van der Waals surface area contributed by atoms with E-state index in [1.54, 1.807) is 18.4 Å². The van der Waals surface area contributed by atoms with Crippen LogP contribution in [0.15, 0.2) is 11.4 Å². The van der Waals surface area contributed by atoms with Gasteiger partial charge in [-0.1, -0.05) is 20.8 Å². The minimum Gasteiger partial charge on any atom is -0.373 e. The fourth-order valence-electron chi connectivity index (χ4n) is 1.95. The first-order valence-electron chi connectivity index (χ1n) is 5.72. The number of nitrogens with one attached hydrogen (secondary N) is 1. The minimum absolute atomic E-state index is 0.0778. The van der Waals surface area contributed by atoms with Crippen molar-refractivity contribution in [3.63, 3.8) is 0 Å². The van der Waals surface area contributed by atoms with E-state index in [-0.39, 0.29) is 11.5 Å². The lowest BCUT2D eigenvalue weighted by atomic mass is 9.88. The van der Waals surface area contributed by atoms with Crippen LogP contribution in [0.2, 0.25) is 0 Å². The fraction of sp³-hybridized carbons (Fsp3) is 0.500. The number of nitrogens with zero attached hydrogens (tertiary/aromatic N) is 2. The number of hydrogen-bond acceptors (Lipinski definition) is 6. The van der Waals surface area contributed by atoms with E-state index in [1.165, 1.54) is 0 Å². The van der Waals surface area contributed by atoms with Crippen molar-refractivity contribution >= 4 is 27.4 Å². The van der Waals surface area contributed by atoms with E-state index < -0.39 is 0 Å². The SMILES string of the molecule is COC(c1nc(NN)c2ccsc2n1)C(C)(C)C. The van der Waals surface area contributed by atoms with Gasteiger partial charge in [0, 0.05) is 7.11 Å². The molecule has 5 nitrogen and oxygen atoms in total. The molecule has 1 atom stereocenters. The third kappa shape index (κ3) is 2.31. The highest BCUT2D eigenvalue weighted by Gasteiger charge is 2.29. The lowest BCUT2D eigenvalue weighted by Crippen LogP contribution is -2.23. The highest BCUT2D eigenvalue weighted by atomic mass is 32.1. The number of anilines is 1. The lowest BCUT2D eigenvalue weighted by molar-refractivity contribution is 0.00904. The zero-order valence-corrected chi connectivity index (χ0v) is 11.8. The smallest absolute Gasteiger partial charge is 0.161 e. The summed E-state index contributed by atoms with van der Waals surface area (Å²) < 4.78 is 5.54. The topological polar surface area (TPSA) is 73.1 Å². The second kappa shape index (κ2) is 4.79. The Hall–Kier alpha value is -1.24. The van der Waals surface area contributed by atoms with Gasteiger partial charge in [0.05, 0.1) is 5.39 Å².